The van der Waals surface area contributed by atoms with Crippen molar-refractivity contribution in [2.45, 2.75) is 23.8 Å². The van der Waals surface area contributed by atoms with Gasteiger partial charge in [-0.3, -0.25) is 0 Å². The van der Waals surface area contributed by atoms with Gasteiger partial charge in [0.1, 0.15) is 5.82 Å². The first-order chi connectivity index (χ1) is 7.88. The average molecular weight is 238 g/mol. The van der Waals surface area contributed by atoms with Crippen molar-refractivity contribution in [1.82, 2.24) is 4.98 Å². The standard InChI is InChI=1S/C12H18N2OS/c1-13-12-4-2-3-10(14-12)9-16-11-5-7-15-8-6-11/h2-4,11H,5-9H2,1H3,(H,13,14). The van der Waals surface area contributed by atoms with Gasteiger partial charge < -0.3 is 10.1 Å². The highest BCUT2D eigenvalue weighted by Crippen LogP contribution is 2.25. The minimum Gasteiger partial charge on any atom is -0.381 e. The Kier molecular flexibility index (Phi) is 4.48. The van der Waals surface area contributed by atoms with Crippen LogP contribution in [0.5, 0.6) is 0 Å². The number of nitrogens with one attached hydrogen (secondary N) is 1. The van der Waals surface area contributed by atoms with Gasteiger partial charge in [-0.15, -0.1) is 0 Å². The summed E-state index contributed by atoms with van der Waals surface area (Å²) < 4.78 is 5.35. The molecule has 1 aliphatic rings. The third kappa shape index (κ3) is 3.39. The van der Waals surface area contributed by atoms with E-state index in [4.69, 9.17) is 4.74 Å². The van der Waals surface area contributed by atoms with E-state index in [9.17, 15) is 0 Å². The molecule has 1 aromatic heterocycles. The summed E-state index contributed by atoms with van der Waals surface area (Å²) in [5.41, 5.74) is 1.16. The number of anilines is 1. The van der Waals surface area contributed by atoms with Crippen LogP contribution in [0.15, 0.2) is 18.2 Å². The molecule has 3 nitrogen and oxygen atoms in total. The molecule has 88 valence electrons. The number of aromatic nitrogens is 1. The van der Waals surface area contributed by atoms with E-state index >= 15 is 0 Å². The number of hydrogen-bond acceptors (Lipinski definition) is 4. The van der Waals surface area contributed by atoms with E-state index in [-0.39, 0.29) is 0 Å². The van der Waals surface area contributed by atoms with Crippen LogP contribution >= 0.6 is 11.8 Å². The molecule has 1 aliphatic heterocycles. The molecule has 0 aliphatic carbocycles. The molecule has 1 saturated heterocycles. The van der Waals surface area contributed by atoms with Gasteiger partial charge in [0.15, 0.2) is 0 Å². The van der Waals surface area contributed by atoms with Crippen molar-refractivity contribution in [2.24, 2.45) is 0 Å². The van der Waals surface area contributed by atoms with Gasteiger partial charge in [-0.25, -0.2) is 4.98 Å². The maximum absolute atomic E-state index is 5.35. The SMILES string of the molecule is CNc1cccc(CSC2CCOCC2)n1. The summed E-state index contributed by atoms with van der Waals surface area (Å²) in [6, 6.07) is 6.13. The molecule has 1 N–H and O–H groups in total. The quantitative estimate of drug-likeness (QED) is 0.874. The van der Waals surface area contributed by atoms with Crippen LogP contribution in [0.4, 0.5) is 5.82 Å². The molecule has 0 bridgehead atoms. The Morgan fingerprint density at radius 3 is 3.00 bits per heavy atom. The molecule has 1 aromatic rings. The summed E-state index contributed by atoms with van der Waals surface area (Å²) in [6.45, 7) is 1.84. The van der Waals surface area contributed by atoms with Crippen molar-refractivity contribution >= 4 is 17.6 Å². The minimum absolute atomic E-state index is 0.744. The predicted octanol–water partition coefficient (Wildman–Crippen LogP) is 2.54. The highest BCUT2D eigenvalue weighted by Gasteiger charge is 2.14. The number of nitrogens with zero attached hydrogens (tertiary/aromatic N) is 1. The molecule has 0 unspecified atom stereocenters. The number of thioether (sulfide) groups is 1. The summed E-state index contributed by atoms with van der Waals surface area (Å²) >= 11 is 2.00. The molecule has 4 heteroatoms. The smallest absolute Gasteiger partial charge is 0.125 e. The van der Waals surface area contributed by atoms with Crippen LogP contribution in [-0.2, 0) is 10.5 Å². The fraction of sp³-hybridized carbons (Fsp3) is 0.583. The van der Waals surface area contributed by atoms with E-state index in [1.54, 1.807) is 0 Å². The van der Waals surface area contributed by atoms with Crippen molar-refractivity contribution < 1.29 is 4.74 Å². The third-order valence-corrected chi connectivity index (χ3v) is 4.10. The van der Waals surface area contributed by atoms with Gasteiger partial charge in [0.05, 0.1) is 5.69 Å². The Morgan fingerprint density at radius 1 is 1.44 bits per heavy atom. The number of pyridine rings is 1. The van der Waals surface area contributed by atoms with Gasteiger partial charge in [-0.2, -0.15) is 11.8 Å². The maximum Gasteiger partial charge on any atom is 0.125 e. The van der Waals surface area contributed by atoms with Crippen molar-refractivity contribution in [3.63, 3.8) is 0 Å². The predicted molar refractivity (Wildman–Crippen MR) is 68.9 cm³/mol. The fourth-order valence-electron chi connectivity index (χ4n) is 1.75. The lowest BCUT2D eigenvalue weighted by Crippen LogP contribution is -2.17. The van der Waals surface area contributed by atoms with Crippen LogP contribution in [0.1, 0.15) is 18.5 Å². The number of hydrogen-bond donors (Lipinski definition) is 1. The molecule has 0 spiro atoms. The first-order valence-electron chi connectivity index (χ1n) is 5.71. The molecular formula is C12H18N2OS. The van der Waals surface area contributed by atoms with Crippen LogP contribution in [-0.4, -0.2) is 30.5 Å². The van der Waals surface area contributed by atoms with Gasteiger partial charge in [-0.1, -0.05) is 6.07 Å². The van der Waals surface area contributed by atoms with Crippen molar-refractivity contribution in [3.8, 4) is 0 Å². The van der Waals surface area contributed by atoms with Gasteiger partial charge >= 0.3 is 0 Å². The lowest BCUT2D eigenvalue weighted by molar-refractivity contribution is 0.1000. The van der Waals surface area contributed by atoms with E-state index in [1.807, 2.05) is 24.9 Å². The van der Waals surface area contributed by atoms with Gasteiger partial charge in [0.25, 0.3) is 0 Å². The first kappa shape index (κ1) is 11.7. The van der Waals surface area contributed by atoms with Crippen molar-refractivity contribution in [2.75, 3.05) is 25.6 Å². The molecule has 0 aromatic carbocycles. The second-order valence-electron chi connectivity index (χ2n) is 3.89. The molecule has 1 fully saturated rings. The molecule has 2 rings (SSSR count). The van der Waals surface area contributed by atoms with E-state index in [0.29, 0.717) is 0 Å². The Balaban J connectivity index is 1.83. The summed E-state index contributed by atoms with van der Waals surface area (Å²) in [5.74, 6) is 1.95. The number of rotatable bonds is 4. The summed E-state index contributed by atoms with van der Waals surface area (Å²) in [4.78, 5) is 4.51. The minimum atomic E-state index is 0.744. The highest BCUT2D eigenvalue weighted by atomic mass is 32.2. The second kappa shape index (κ2) is 6.11. The zero-order valence-corrected chi connectivity index (χ0v) is 10.4. The van der Waals surface area contributed by atoms with E-state index in [1.165, 1.54) is 12.8 Å². The Bertz CT molecular complexity index is 327. The molecule has 2 heterocycles. The normalized spacial score (nSPS) is 17.3. The zero-order chi connectivity index (χ0) is 11.2. The Hall–Kier alpha value is -0.740. The van der Waals surface area contributed by atoms with Gasteiger partial charge in [-0.05, 0) is 25.0 Å². The largest absolute Gasteiger partial charge is 0.381 e. The Labute approximate surface area is 101 Å². The van der Waals surface area contributed by atoms with Crippen LogP contribution in [0.25, 0.3) is 0 Å². The lowest BCUT2D eigenvalue weighted by Gasteiger charge is -2.21. The molecule has 0 saturated carbocycles. The van der Waals surface area contributed by atoms with Crippen LogP contribution < -0.4 is 5.32 Å². The molecular weight excluding hydrogens is 220 g/mol. The summed E-state index contributed by atoms with van der Waals surface area (Å²) in [7, 11) is 1.90. The van der Waals surface area contributed by atoms with E-state index in [0.717, 1.165) is 35.7 Å². The summed E-state index contributed by atoms with van der Waals surface area (Å²) in [5, 5.41) is 3.81. The Morgan fingerprint density at radius 2 is 2.25 bits per heavy atom. The monoisotopic (exact) mass is 238 g/mol. The average Bonchev–Trinajstić information content (AvgIpc) is 2.38. The van der Waals surface area contributed by atoms with Crippen molar-refractivity contribution in [3.05, 3.63) is 23.9 Å². The third-order valence-electron chi connectivity index (χ3n) is 2.70. The second-order valence-corrected chi connectivity index (χ2v) is 5.18. The topological polar surface area (TPSA) is 34.1 Å². The van der Waals surface area contributed by atoms with Crippen LogP contribution in [0.2, 0.25) is 0 Å². The van der Waals surface area contributed by atoms with Gasteiger partial charge in [0, 0.05) is 31.3 Å². The van der Waals surface area contributed by atoms with E-state index < -0.39 is 0 Å². The zero-order valence-electron chi connectivity index (χ0n) is 9.61. The lowest BCUT2D eigenvalue weighted by atomic mass is 10.2. The van der Waals surface area contributed by atoms with Crippen LogP contribution in [0, 0.1) is 0 Å². The van der Waals surface area contributed by atoms with Crippen molar-refractivity contribution in [1.29, 1.82) is 0 Å². The molecule has 0 atom stereocenters. The van der Waals surface area contributed by atoms with Gasteiger partial charge in [0.2, 0.25) is 0 Å². The highest BCUT2D eigenvalue weighted by molar-refractivity contribution is 7.99. The maximum atomic E-state index is 5.35. The summed E-state index contributed by atoms with van der Waals surface area (Å²) in [6.07, 6.45) is 2.35. The molecule has 16 heavy (non-hydrogen) atoms. The fourth-order valence-corrected chi connectivity index (χ4v) is 2.84. The molecule has 0 radical (unpaired) electrons. The first-order valence-corrected chi connectivity index (χ1v) is 6.76. The number of ether oxygens (including phenoxy) is 1. The van der Waals surface area contributed by atoms with E-state index in [2.05, 4.69) is 22.4 Å². The molecule has 0 amide bonds. The van der Waals surface area contributed by atoms with Crippen LogP contribution in [0.3, 0.4) is 0 Å².